The van der Waals surface area contributed by atoms with Gasteiger partial charge in [0.25, 0.3) is 0 Å². The molecule has 2 unspecified atom stereocenters. The Kier molecular flexibility index (Phi) is 5.93. The van der Waals surface area contributed by atoms with Gasteiger partial charge in [0, 0.05) is 12.3 Å². The van der Waals surface area contributed by atoms with E-state index in [-0.39, 0.29) is 5.25 Å². The van der Waals surface area contributed by atoms with Crippen LogP contribution in [0.25, 0.3) is 0 Å². The van der Waals surface area contributed by atoms with Crippen LogP contribution in [0.2, 0.25) is 0 Å². The lowest BCUT2D eigenvalue weighted by Gasteiger charge is -2.28. The lowest BCUT2D eigenvalue weighted by Crippen LogP contribution is -2.39. The van der Waals surface area contributed by atoms with Gasteiger partial charge in [0.15, 0.2) is 0 Å². The summed E-state index contributed by atoms with van der Waals surface area (Å²) in [5.74, 6) is 0.756. The molecule has 0 aromatic rings. The fourth-order valence-electron chi connectivity index (χ4n) is 2.54. The van der Waals surface area contributed by atoms with Crippen LogP contribution in [0.1, 0.15) is 52.4 Å². The Labute approximate surface area is 106 Å². The smallest absolute Gasteiger partial charge is 0.150 e. The molecule has 102 valence electrons. The molecule has 1 N–H and O–H groups in total. The van der Waals surface area contributed by atoms with E-state index in [1.807, 2.05) is 0 Å². The third-order valence-electron chi connectivity index (χ3n) is 3.62. The number of hydrogen-bond donors (Lipinski definition) is 1. The van der Waals surface area contributed by atoms with Crippen LogP contribution in [0, 0.1) is 5.92 Å². The van der Waals surface area contributed by atoms with Gasteiger partial charge in [-0.15, -0.1) is 0 Å². The molecule has 2 atom stereocenters. The van der Waals surface area contributed by atoms with Gasteiger partial charge in [0.2, 0.25) is 0 Å². The van der Waals surface area contributed by atoms with Crippen LogP contribution in [0.3, 0.4) is 0 Å². The first-order chi connectivity index (χ1) is 7.89. The molecule has 17 heavy (non-hydrogen) atoms. The van der Waals surface area contributed by atoms with Crippen LogP contribution in [0.15, 0.2) is 0 Å². The highest BCUT2D eigenvalue weighted by molar-refractivity contribution is 7.91. The molecule has 0 amide bonds. The second-order valence-corrected chi connectivity index (χ2v) is 8.13. The Morgan fingerprint density at radius 3 is 2.59 bits per heavy atom. The fourth-order valence-corrected chi connectivity index (χ4v) is 3.71. The monoisotopic (exact) mass is 261 g/mol. The molecule has 1 fully saturated rings. The largest absolute Gasteiger partial charge is 0.314 e. The van der Waals surface area contributed by atoms with Gasteiger partial charge in [-0.05, 0) is 44.6 Å². The Bertz CT molecular complexity index is 311. The van der Waals surface area contributed by atoms with Crippen molar-refractivity contribution >= 4 is 9.84 Å². The fraction of sp³-hybridized carbons (Fsp3) is 1.00. The van der Waals surface area contributed by atoms with Crippen molar-refractivity contribution in [2.75, 3.05) is 12.8 Å². The van der Waals surface area contributed by atoms with E-state index in [1.165, 1.54) is 19.1 Å². The zero-order valence-corrected chi connectivity index (χ0v) is 12.2. The lowest BCUT2D eigenvalue weighted by atomic mass is 9.95. The van der Waals surface area contributed by atoms with Gasteiger partial charge in [-0.3, -0.25) is 0 Å². The van der Waals surface area contributed by atoms with Gasteiger partial charge in [0.1, 0.15) is 9.84 Å². The van der Waals surface area contributed by atoms with Crippen molar-refractivity contribution in [2.24, 2.45) is 5.92 Å². The molecule has 0 aromatic heterocycles. The zero-order chi connectivity index (χ0) is 12.9. The summed E-state index contributed by atoms with van der Waals surface area (Å²) in [6, 6.07) is 0.413. The van der Waals surface area contributed by atoms with Crippen LogP contribution in [-0.2, 0) is 9.84 Å². The number of nitrogens with one attached hydrogen (secondary N) is 1. The van der Waals surface area contributed by atoms with Crippen molar-refractivity contribution in [1.82, 2.24) is 5.32 Å². The molecule has 3 nitrogen and oxygen atoms in total. The molecular weight excluding hydrogens is 234 g/mol. The Hall–Kier alpha value is -0.0900. The Morgan fingerprint density at radius 2 is 2.00 bits per heavy atom. The van der Waals surface area contributed by atoms with Gasteiger partial charge in [0.05, 0.1) is 5.25 Å². The van der Waals surface area contributed by atoms with Crippen molar-refractivity contribution in [2.45, 2.75) is 63.7 Å². The van der Waals surface area contributed by atoms with Crippen molar-refractivity contribution in [3.05, 3.63) is 0 Å². The predicted octanol–water partition coefficient (Wildman–Crippen LogP) is 2.37. The highest BCUT2D eigenvalue weighted by atomic mass is 32.2. The Morgan fingerprint density at radius 1 is 1.29 bits per heavy atom. The molecular formula is C13H27NO2S. The summed E-state index contributed by atoms with van der Waals surface area (Å²) in [5.41, 5.74) is 0. The summed E-state index contributed by atoms with van der Waals surface area (Å²) in [7, 11) is -2.84. The van der Waals surface area contributed by atoms with E-state index >= 15 is 0 Å². The second-order valence-electron chi connectivity index (χ2n) is 5.81. The molecule has 0 spiro atoms. The summed E-state index contributed by atoms with van der Waals surface area (Å²) in [6.45, 7) is 5.50. The van der Waals surface area contributed by atoms with E-state index < -0.39 is 9.84 Å². The number of hydrogen-bond acceptors (Lipinski definition) is 3. The standard InChI is InChI=1S/C13H27NO2S/c1-11(2)6-5-9-14-12-7-4-8-13(10-12)17(3,15)16/h11-14H,4-10H2,1-3H3. The normalized spacial score (nSPS) is 26.4. The van der Waals surface area contributed by atoms with Gasteiger partial charge >= 0.3 is 0 Å². The minimum Gasteiger partial charge on any atom is -0.314 e. The van der Waals surface area contributed by atoms with E-state index in [0.29, 0.717) is 6.04 Å². The maximum Gasteiger partial charge on any atom is 0.150 e. The maximum atomic E-state index is 11.5. The van der Waals surface area contributed by atoms with E-state index in [9.17, 15) is 8.42 Å². The van der Waals surface area contributed by atoms with Crippen molar-refractivity contribution in [3.8, 4) is 0 Å². The average molecular weight is 261 g/mol. The molecule has 1 aliphatic carbocycles. The van der Waals surface area contributed by atoms with E-state index in [0.717, 1.165) is 38.1 Å². The molecule has 1 rings (SSSR count). The molecule has 1 saturated carbocycles. The van der Waals surface area contributed by atoms with E-state index in [1.54, 1.807) is 0 Å². The minimum atomic E-state index is -2.84. The van der Waals surface area contributed by atoms with E-state index in [4.69, 9.17) is 0 Å². The summed E-state index contributed by atoms with van der Waals surface area (Å²) in [6.07, 6.45) is 7.64. The van der Waals surface area contributed by atoms with Crippen molar-refractivity contribution in [1.29, 1.82) is 0 Å². The molecule has 0 bridgehead atoms. The first kappa shape index (κ1) is 15.0. The van der Waals surface area contributed by atoms with Crippen LogP contribution in [0.4, 0.5) is 0 Å². The molecule has 0 aromatic carbocycles. The van der Waals surface area contributed by atoms with Gasteiger partial charge in [-0.2, -0.15) is 0 Å². The maximum absolute atomic E-state index is 11.5. The molecule has 1 aliphatic rings. The van der Waals surface area contributed by atoms with Gasteiger partial charge < -0.3 is 5.32 Å². The summed E-state index contributed by atoms with van der Waals surface area (Å²) >= 11 is 0. The quantitative estimate of drug-likeness (QED) is 0.747. The summed E-state index contributed by atoms with van der Waals surface area (Å²) < 4.78 is 23.0. The highest BCUT2D eigenvalue weighted by Crippen LogP contribution is 2.23. The third-order valence-corrected chi connectivity index (χ3v) is 5.26. The lowest BCUT2D eigenvalue weighted by molar-refractivity contribution is 0.365. The highest BCUT2D eigenvalue weighted by Gasteiger charge is 2.28. The predicted molar refractivity (Wildman–Crippen MR) is 73.0 cm³/mol. The van der Waals surface area contributed by atoms with Crippen molar-refractivity contribution in [3.63, 3.8) is 0 Å². The summed E-state index contributed by atoms with van der Waals surface area (Å²) in [4.78, 5) is 0. The molecule has 0 saturated heterocycles. The van der Waals surface area contributed by atoms with Crippen LogP contribution < -0.4 is 5.32 Å². The first-order valence-electron chi connectivity index (χ1n) is 6.82. The minimum absolute atomic E-state index is 0.112. The number of sulfone groups is 1. The summed E-state index contributed by atoms with van der Waals surface area (Å²) in [5, 5.41) is 3.40. The van der Waals surface area contributed by atoms with Crippen molar-refractivity contribution < 1.29 is 8.42 Å². The van der Waals surface area contributed by atoms with Gasteiger partial charge in [-0.25, -0.2) is 8.42 Å². The van der Waals surface area contributed by atoms with Crippen LogP contribution >= 0.6 is 0 Å². The van der Waals surface area contributed by atoms with Gasteiger partial charge in [-0.1, -0.05) is 20.3 Å². The molecule has 0 heterocycles. The SMILES string of the molecule is CC(C)CCCNC1CCCC(S(C)(=O)=O)C1. The molecule has 4 heteroatoms. The third kappa shape index (κ3) is 5.87. The topological polar surface area (TPSA) is 46.2 Å². The first-order valence-corrected chi connectivity index (χ1v) is 8.77. The van der Waals surface area contributed by atoms with Crippen LogP contribution in [-0.4, -0.2) is 32.5 Å². The average Bonchev–Trinajstić information content (AvgIpc) is 2.23. The Balaban J connectivity index is 2.26. The second kappa shape index (κ2) is 6.74. The zero-order valence-electron chi connectivity index (χ0n) is 11.4. The van der Waals surface area contributed by atoms with E-state index in [2.05, 4.69) is 19.2 Å². The van der Waals surface area contributed by atoms with Crippen LogP contribution in [0.5, 0.6) is 0 Å². The molecule has 0 aliphatic heterocycles. The number of rotatable bonds is 6. The molecule has 0 radical (unpaired) electrons.